The summed E-state index contributed by atoms with van der Waals surface area (Å²) in [6.07, 6.45) is 25.7. The summed E-state index contributed by atoms with van der Waals surface area (Å²) in [7, 11) is 3.61. The van der Waals surface area contributed by atoms with E-state index < -0.39 is 13.3 Å². The van der Waals surface area contributed by atoms with Crippen molar-refractivity contribution in [2.75, 3.05) is 21.1 Å². The third-order valence-corrected chi connectivity index (χ3v) is 8.31. The van der Waals surface area contributed by atoms with Crippen LogP contribution in [0.15, 0.2) is 12.2 Å². The van der Waals surface area contributed by atoms with Crippen molar-refractivity contribution < 1.29 is 13.9 Å². The Balaban J connectivity index is 3.63. The summed E-state index contributed by atoms with van der Waals surface area (Å²) >= 11 is 0. The van der Waals surface area contributed by atoms with Crippen LogP contribution in [0.5, 0.6) is 0 Å². The van der Waals surface area contributed by atoms with Crippen molar-refractivity contribution in [3.05, 3.63) is 12.2 Å². The number of hydrogen-bond donors (Lipinski definition) is 0. The second-order valence-electron chi connectivity index (χ2n) is 9.65. The van der Waals surface area contributed by atoms with Crippen LogP contribution in [0.3, 0.4) is 0 Å². The first-order valence-corrected chi connectivity index (χ1v) is 13.6. The van der Waals surface area contributed by atoms with Crippen LogP contribution in [0.4, 0.5) is 0 Å². The predicted molar refractivity (Wildman–Crippen MR) is 127 cm³/mol. The van der Waals surface area contributed by atoms with Gasteiger partial charge in [0.2, 0.25) is 0 Å². The first kappa shape index (κ1) is 28.8. The van der Waals surface area contributed by atoms with Crippen LogP contribution in [0.2, 0.25) is 0 Å². The topological polar surface area (TPSA) is 40.1 Å². The zero-order chi connectivity index (χ0) is 22.0. The average molecular weight is 429 g/mol. The Hall–Kier alpha value is -0.240. The molecule has 4 heteroatoms. The molecular formula is C25H51NO2P+. The summed E-state index contributed by atoms with van der Waals surface area (Å²) in [5.74, 6) is 0. The summed E-state index contributed by atoms with van der Waals surface area (Å²) in [4.78, 5) is 11.9. The van der Waals surface area contributed by atoms with E-state index in [1.54, 1.807) is 0 Å². The smallest absolute Gasteiger partial charge is 0.376 e. The normalized spacial score (nSPS) is 15.0. The van der Waals surface area contributed by atoms with Crippen molar-refractivity contribution >= 4 is 8.03 Å². The molecule has 0 radical (unpaired) electrons. The van der Waals surface area contributed by atoms with Crippen LogP contribution in [0, 0.1) is 0 Å². The summed E-state index contributed by atoms with van der Waals surface area (Å²) in [6, 6.07) is 0. The van der Waals surface area contributed by atoms with Gasteiger partial charge in [-0.05, 0) is 32.1 Å². The van der Waals surface area contributed by atoms with Gasteiger partial charge < -0.3 is 4.89 Å². The van der Waals surface area contributed by atoms with Crippen LogP contribution in [0.1, 0.15) is 123 Å². The van der Waals surface area contributed by atoms with Gasteiger partial charge in [0, 0.05) is 12.8 Å². The molecule has 0 aromatic heterocycles. The molecule has 0 rings (SSSR count). The molecule has 0 heterocycles. The Morgan fingerprint density at radius 2 is 1.14 bits per heavy atom. The van der Waals surface area contributed by atoms with Gasteiger partial charge in [-0.2, -0.15) is 0 Å². The lowest BCUT2D eigenvalue weighted by Gasteiger charge is -2.39. The lowest BCUT2D eigenvalue weighted by molar-refractivity contribution is -0.910. The van der Waals surface area contributed by atoms with Gasteiger partial charge in [-0.1, -0.05) is 94.8 Å². The molecular weight excluding hydrogens is 377 g/mol. The molecule has 0 aromatic rings. The molecule has 0 saturated carbocycles. The Morgan fingerprint density at radius 3 is 1.52 bits per heavy atom. The molecule has 0 aliphatic carbocycles. The van der Waals surface area contributed by atoms with E-state index in [2.05, 4.69) is 19.1 Å². The maximum Gasteiger partial charge on any atom is 0.376 e. The second kappa shape index (κ2) is 17.4. The van der Waals surface area contributed by atoms with E-state index in [0.29, 0.717) is 10.9 Å². The Labute approximate surface area is 183 Å². The second-order valence-corrected chi connectivity index (χ2v) is 11.0. The predicted octanol–water partition coefficient (Wildman–Crippen LogP) is 7.72. The molecule has 0 N–H and O–H groups in total. The highest BCUT2D eigenvalue weighted by Gasteiger charge is 2.52. The van der Waals surface area contributed by atoms with Crippen LogP contribution < -0.4 is 4.89 Å². The van der Waals surface area contributed by atoms with Crippen LogP contribution >= 0.6 is 8.03 Å². The van der Waals surface area contributed by atoms with Gasteiger partial charge >= 0.3 is 8.03 Å². The number of hydrogen-bond acceptors (Lipinski definition) is 2. The van der Waals surface area contributed by atoms with E-state index >= 15 is 0 Å². The van der Waals surface area contributed by atoms with E-state index in [4.69, 9.17) is 0 Å². The number of nitrogens with zero attached hydrogens (tertiary/aromatic N) is 1. The van der Waals surface area contributed by atoms with Crippen molar-refractivity contribution in [3.63, 3.8) is 0 Å². The van der Waals surface area contributed by atoms with Gasteiger partial charge in [-0.25, -0.2) is 0 Å². The SMILES string of the molecule is CCCCCCCCCCC=CCCCCCCCC(CC)([P+](=O)[O-])[N+](C)(C)C. The minimum absolute atomic E-state index is 0.506. The first-order chi connectivity index (χ1) is 13.8. The van der Waals surface area contributed by atoms with Crippen LogP contribution in [-0.4, -0.2) is 30.9 Å². The molecule has 0 aliphatic rings. The Kier molecular flexibility index (Phi) is 17.3. The van der Waals surface area contributed by atoms with E-state index in [-0.39, 0.29) is 0 Å². The standard InChI is InChI=1S/C25H51NO2P/c1-6-8-9-10-11-12-13-14-15-16-17-18-19-20-21-22-23-24-25(7-2,29(27)28)26(3,4)5/h16-17H,6-15,18-24H2,1-5H3/q+1. The zero-order valence-electron chi connectivity index (χ0n) is 20.4. The maximum atomic E-state index is 11.9. The minimum Gasteiger partial charge on any atom is -0.590 e. The van der Waals surface area contributed by atoms with Gasteiger partial charge in [0.15, 0.2) is 0 Å². The molecule has 2 unspecified atom stereocenters. The van der Waals surface area contributed by atoms with E-state index in [1.807, 2.05) is 28.1 Å². The molecule has 0 amide bonds. The minimum atomic E-state index is -2.42. The van der Waals surface area contributed by atoms with Crippen LogP contribution in [-0.2, 0) is 4.57 Å². The third-order valence-electron chi connectivity index (χ3n) is 6.49. The fraction of sp³-hybridized carbons (Fsp3) is 0.920. The van der Waals surface area contributed by atoms with Gasteiger partial charge in [0.25, 0.3) is 5.28 Å². The monoisotopic (exact) mass is 428 g/mol. The highest BCUT2D eigenvalue weighted by Crippen LogP contribution is 2.44. The molecule has 0 saturated heterocycles. The van der Waals surface area contributed by atoms with Crippen molar-refractivity contribution in [1.29, 1.82) is 0 Å². The molecule has 2 atom stereocenters. The highest BCUT2D eigenvalue weighted by molar-refractivity contribution is 7.38. The first-order valence-electron chi connectivity index (χ1n) is 12.4. The summed E-state index contributed by atoms with van der Waals surface area (Å²) in [5, 5.41) is -0.604. The van der Waals surface area contributed by atoms with Crippen molar-refractivity contribution in [2.24, 2.45) is 0 Å². The number of unbranched alkanes of at least 4 members (excludes halogenated alkanes) is 13. The zero-order valence-corrected chi connectivity index (χ0v) is 21.3. The molecule has 3 nitrogen and oxygen atoms in total. The fourth-order valence-electron chi connectivity index (χ4n) is 4.28. The summed E-state index contributed by atoms with van der Waals surface area (Å²) in [6.45, 7) is 4.28. The molecule has 0 aromatic carbocycles. The Morgan fingerprint density at radius 1 is 0.724 bits per heavy atom. The largest absolute Gasteiger partial charge is 0.590 e. The number of rotatable bonds is 20. The molecule has 0 aliphatic heterocycles. The molecule has 172 valence electrons. The summed E-state index contributed by atoms with van der Waals surface area (Å²) in [5.41, 5.74) is 0. The molecule has 29 heavy (non-hydrogen) atoms. The number of quaternary nitrogens is 1. The molecule has 0 spiro atoms. The van der Waals surface area contributed by atoms with Gasteiger partial charge in [-0.3, -0.25) is 4.48 Å². The molecule has 0 bridgehead atoms. The van der Waals surface area contributed by atoms with Crippen molar-refractivity contribution in [2.45, 2.75) is 128 Å². The Bertz CT molecular complexity index is 431. The lowest BCUT2D eigenvalue weighted by Crippen LogP contribution is -2.55. The third kappa shape index (κ3) is 12.9. The van der Waals surface area contributed by atoms with E-state index in [0.717, 1.165) is 19.3 Å². The van der Waals surface area contributed by atoms with Crippen LogP contribution in [0.25, 0.3) is 0 Å². The fourth-order valence-corrected chi connectivity index (χ4v) is 5.37. The molecule has 0 fully saturated rings. The van der Waals surface area contributed by atoms with Crippen molar-refractivity contribution in [3.8, 4) is 0 Å². The quantitative estimate of drug-likeness (QED) is 0.0861. The van der Waals surface area contributed by atoms with E-state index in [1.165, 1.54) is 83.5 Å². The van der Waals surface area contributed by atoms with Gasteiger partial charge in [0.05, 0.1) is 21.1 Å². The maximum absolute atomic E-state index is 11.9. The lowest BCUT2D eigenvalue weighted by atomic mass is 10.0. The van der Waals surface area contributed by atoms with Crippen molar-refractivity contribution in [1.82, 2.24) is 0 Å². The van der Waals surface area contributed by atoms with E-state index in [9.17, 15) is 9.46 Å². The van der Waals surface area contributed by atoms with Gasteiger partial charge in [0.1, 0.15) is 0 Å². The highest BCUT2D eigenvalue weighted by atomic mass is 31.1. The number of allylic oxidation sites excluding steroid dienone is 2. The average Bonchev–Trinajstić information content (AvgIpc) is 2.66. The van der Waals surface area contributed by atoms with Gasteiger partial charge in [-0.15, -0.1) is 0 Å². The summed E-state index contributed by atoms with van der Waals surface area (Å²) < 4.78 is 12.4.